The Morgan fingerprint density at radius 2 is 1.59 bits per heavy atom. The lowest BCUT2D eigenvalue weighted by molar-refractivity contribution is -0.134. The van der Waals surface area contributed by atoms with Gasteiger partial charge in [-0.3, -0.25) is 28.6 Å². The van der Waals surface area contributed by atoms with E-state index in [0.29, 0.717) is 24.6 Å². The zero-order valence-electron chi connectivity index (χ0n) is 18.7. The average molecular weight is 438 g/mol. The second-order valence-corrected chi connectivity index (χ2v) is 8.08. The summed E-state index contributed by atoms with van der Waals surface area (Å²) >= 11 is 0. The Bertz CT molecular complexity index is 1180. The van der Waals surface area contributed by atoms with Crippen LogP contribution in [0.3, 0.4) is 0 Å². The van der Waals surface area contributed by atoms with Gasteiger partial charge < -0.3 is 9.80 Å². The Morgan fingerprint density at radius 1 is 0.969 bits per heavy atom. The Hall–Kier alpha value is -3.53. The number of rotatable bonds is 3. The molecule has 32 heavy (non-hydrogen) atoms. The van der Waals surface area contributed by atoms with Gasteiger partial charge in [-0.05, 0) is 31.2 Å². The number of fused-ring (bicyclic) bond motifs is 1. The number of aromatic nitrogens is 2. The minimum Gasteiger partial charge on any atom is -0.353 e. The number of imide groups is 2. The van der Waals surface area contributed by atoms with E-state index in [-0.39, 0.29) is 16.7 Å². The first-order chi connectivity index (χ1) is 15.2. The first kappa shape index (κ1) is 21.7. The minimum atomic E-state index is -0.742. The van der Waals surface area contributed by atoms with Gasteiger partial charge in [-0.1, -0.05) is 13.0 Å². The van der Waals surface area contributed by atoms with Gasteiger partial charge in [-0.2, -0.15) is 0 Å². The van der Waals surface area contributed by atoms with Crippen molar-refractivity contribution in [1.82, 2.24) is 24.1 Å². The third-order valence-corrected chi connectivity index (χ3v) is 6.04. The molecular weight excluding hydrogens is 412 g/mol. The summed E-state index contributed by atoms with van der Waals surface area (Å²) in [7, 11) is 2.61. The number of carbonyl (C=O) groups is 3. The number of urea groups is 1. The third kappa shape index (κ3) is 3.56. The van der Waals surface area contributed by atoms with Crippen molar-refractivity contribution in [2.24, 2.45) is 0 Å². The largest absolute Gasteiger partial charge is 0.353 e. The van der Waals surface area contributed by atoms with Gasteiger partial charge in [0.1, 0.15) is 17.0 Å². The van der Waals surface area contributed by atoms with Gasteiger partial charge in [0.25, 0.3) is 17.4 Å². The van der Waals surface area contributed by atoms with E-state index < -0.39 is 17.8 Å². The summed E-state index contributed by atoms with van der Waals surface area (Å²) in [6.45, 7) is 7.87. The number of anilines is 1. The lowest BCUT2D eigenvalue weighted by atomic mass is 10.1. The molecule has 4 heterocycles. The molecule has 10 heteroatoms. The van der Waals surface area contributed by atoms with Gasteiger partial charge >= 0.3 is 6.03 Å². The zero-order valence-corrected chi connectivity index (χ0v) is 18.7. The molecule has 2 aromatic rings. The summed E-state index contributed by atoms with van der Waals surface area (Å²) in [6, 6.07) is 2.94. The van der Waals surface area contributed by atoms with Crippen LogP contribution in [0.4, 0.5) is 10.6 Å². The molecule has 2 fully saturated rings. The highest BCUT2D eigenvalue weighted by Gasteiger charge is 2.38. The molecule has 2 saturated heterocycles. The minimum absolute atomic E-state index is 0.158. The summed E-state index contributed by atoms with van der Waals surface area (Å²) in [5, 5.41) is 0. The number of amides is 4. The van der Waals surface area contributed by atoms with Crippen molar-refractivity contribution in [2.45, 2.75) is 13.8 Å². The molecule has 0 saturated carbocycles. The third-order valence-electron chi connectivity index (χ3n) is 6.04. The van der Waals surface area contributed by atoms with Crippen molar-refractivity contribution in [2.75, 3.05) is 51.7 Å². The second-order valence-electron chi connectivity index (χ2n) is 8.08. The normalized spacial score (nSPS) is 18.2. The van der Waals surface area contributed by atoms with Crippen LogP contribution in [0.25, 0.3) is 11.7 Å². The van der Waals surface area contributed by atoms with Crippen LogP contribution in [0.2, 0.25) is 0 Å². The Kier molecular flexibility index (Phi) is 5.55. The van der Waals surface area contributed by atoms with Crippen LogP contribution in [0.1, 0.15) is 18.1 Å². The lowest BCUT2D eigenvalue weighted by Crippen LogP contribution is -2.53. The molecule has 0 N–H and O–H groups in total. The van der Waals surface area contributed by atoms with Crippen LogP contribution in [-0.2, 0) is 9.59 Å². The van der Waals surface area contributed by atoms with Gasteiger partial charge in [0.2, 0.25) is 0 Å². The Balaban J connectivity index is 1.91. The zero-order chi connectivity index (χ0) is 23.2. The highest BCUT2D eigenvalue weighted by molar-refractivity contribution is 6.30. The number of aryl methyl sites for hydroxylation is 1. The van der Waals surface area contributed by atoms with Crippen molar-refractivity contribution in [3.05, 3.63) is 45.4 Å². The summed E-state index contributed by atoms with van der Waals surface area (Å²) < 4.78 is 1.42. The van der Waals surface area contributed by atoms with E-state index in [1.807, 2.05) is 17.9 Å². The molecule has 10 nitrogen and oxygen atoms in total. The topological polar surface area (TPSA) is 98.5 Å². The van der Waals surface area contributed by atoms with E-state index in [1.165, 1.54) is 24.6 Å². The molecule has 2 aromatic heterocycles. The lowest BCUT2D eigenvalue weighted by Gasteiger charge is -2.35. The van der Waals surface area contributed by atoms with Crippen LogP contribution >= 0.6 is 0 Å². The number of barbiturate groups is 1. The molecule has 0 unspecified atom stereocenters. The van der Waals surface area contributed by atoms with Crippen molar-refractivity contribution in [1.29, 1.82) is 0 Å². The maximum atomic E-state index is 13.5. The van der Waals surface area contributed by atoms with Gasteiger partial charge in [0.15, 0.2) is 0 Å². The number of likely N-dealkylation sites (N-methyl/N-ethyl adjacent to an activating group) is 3. The summed E-state index contributed by atoms with van der Waals surface area (Å²) in [6.07, 6.45) is 2.97. The van der Waals surface area contributed by atoms with E-state index in [0.717, 1.165) is 35.0 Å². The smallest absolute Gasteiger partial charge is 0.333 e. The quantitative estimate of drug-likeness (QED) is 0.511. The molecule has 4 amide bonds. The van der Waals surface area contributed by atoms with E-state index in [2.05, 4.69) is 11.8 Å². The van der Waals surface area contributed by atoms with Gasteiger partial charge in [-0.15, -0.1) is 0 Å². The molecule has 2 aliphatic rings. The van der Waals surface area contributed by atoms with Gasteiger partial charge in [-0.25, -0.2) is 9.78 Å². The first-order valence-corrected chi connectivity index (χ1v) is 10.5. The highest BCUT2D eigenvalue weighted by atomic mass is 16.2. The molecule has 0 aliphatic carbocycles. The molecule has 0 spiro atoms. The van der Waals surface area contributed by atoms with Crippen molar-refractivity contribution in [3.8, 4) is 0 Å². The number of piperazine rings is 1. The average Bonchev–Trinajstić information content (AvgIpc) is 2.80. The first-order valence-electron chi connectivity index (χ1n) is 10.5. The van der Waals surface area contributed by atoms with E-state index in [4.69, 9.17) is 4.98 Å². The van der Waals surface area contributed by atoms with Crippen LogP contribution in [0.15, 0.2) is 28.7 Å². The Morgan fingerprint density at radius 3 is 2.19 bits per heavy atom. The van der Waals surface area contributed by atoms with Gasteiger partial charge in [0, 0.05) is 46.5 Å². The van der Waals surface area contributed by atoms with Crippen LogP contribution in [0.5, 0.6) is 0 Å². The van der Waals surface area contributed by atoms with Crippen LogP contribution in [0, 0.1) is 6.92 Å². The predicted molar refractivity (Wildman–Crippen MR) is 119 cm³/mol. The van der Waals surface area contributed by atoms with Crippen molar-refractivity contribution in [3.63, 3.8) is 0 Å². The Labute approximate surface area is 185 Å². The standard InChI is InChI=1S/C22H26N6O4/c1-5-26-8-10-27(11-9-26)18-15(21(31)28-13-14(2)6-7-17(28)23-18)12-16-19(29)24(3)22(32)25(4)20(16)30/h6-7,12-13H,5,8-11H2,1-4H3. The van der Waals surface area contributed by atoms with E-state index in [1.54, 1.807) is 12.3 Å². The van der Waals surface area contributed by atoms with Crippen molar-refractivity contribution < 1.29 is 14.4 Å². The number of hydrogen-bond acceptors (Lipinski definition) is 7. The molecule has 2 aliphatic heterocycles. The predicted octanol–water partition coefficient (Wildman–Crippen LogP) is 0.579. The molecule has 0 bridgehead atoms. The fourth-order valence-electron chi connectivity index (χ4n) is 4.01. The van der Waals surface area contributed by atoms with Gasteiger partial charge in [0.05, 0.1) is 5.56 Å². The number of nitrogens with zero attached hydrogens (tertiary/aromatic N) is 6. The number of hydrogen-bond donors (Lipinski definition) is 0. The fourth-order valence-corrected chi connectivity index (χ4v) is 4.01. The molecular formula is C22H26N6O4. The fraction of sp³-hybridized carbons (Fsp3) is 0.409. The molecule has 168 valence electrons. The SMILES string of the molecule is CCN1CCN(c2nc3ccc(C)cn3c(=O)c2C=C2C(=O)N(C)C(=O)N(C)C2=O)CC1. The summed E-state index contributed by atoms with van der Waals surface area (Å²) in [5.74, 6) is -1.05. The molecule has 0 aromatic carbocycles. The second kappa shape index (κ2) is 8.19. The highest BCUT2D eigenvalue weighted by Crippen LogP contribution is 2.23. The number of carbonyl (C=O) groups excluding carboxylic acids is 3. The van der Waals surface area contributed by atoms with Crippen molar-refractivity contribution >= 4 is 35.4 Å². The maximum absolute atomic E-state index is 13.5. The molecule has 4 rings (SSSR count). The van der Waals surface area contributed by atoms with E-state index in [9.17, 15) is 19.2 Å². The van der Waals surface area contributed by atoms with Crippen LogP contribution in [-0.4, -0.2) is 88.7 Å². The van der Waals surface area contributed by atoms with Crippen LogP contribution < -0.4 is 10.5 Å². The monoisotopic (exact) mass is 438 g/mol. The molecule has 0 atom stereocenters. The number of pyridine rings is 1. The molecule has 0 radical (unpaired) electrons. The summed E-state index contributed by atoms with van der Waals surface area (Å²) in [5.41, 5.74) is 0.906. The van der Waals surface area contributed by atoms with E-state index >= 15 is 0 Å². The summed E-state index contributed by atoms with van der Waals surface area (Å²) in [4.78, 5) is 61.8. The maximum Gasteiger partial charge on any atom is 0.333 e.